The van der Waals surface area contributed by atoms with E-state index in [2.05, 4.69) is 10.3 Å². The van der Waals surface area contributed by atoms with Gasteiger partial charge in [0, 0.05) is 31.1 Å². The van der Waals surface area contributed by atoms with Crippen LogP contribution in [0.1, 0.15) is 25.7 Å². The molecule has 0 aliphatic rings. The van der Waals surface area contributed by atoms with Gasteiger partial charge in [-0.2, -0.15) is 0 Å². The number of anilines is 1. The largest absolute Gasteiger partial charge is 0.441 e. The molecule has 2 rings (SSSR count). The number of aromatic nitrogens is 1. The summed E-state index contributed by atoms with van der Waals surface area (Å²) in [5, 5.41) is 2.82. The predicted octanol–water partition coefficient (Wildman–Crippen LogP) is 2.20. The molecule has 0 radical (unpaired) electrons. The minimum Gasteiger partial charge on any atom is -0.441 e. The predicted molar refractivity (Wildman–Crippen MR) is 70.3 cm³/mol. The number of nitrogens with one attached hydrogen (secondary N) is 1. The second-order valence-electron chi connectivity index (χ2n) is 4.48. The van der Waals surface area contributed by atoms with Gasteiger partial charge in [0.2, 0.25) is 5.91 Å². The Balaban J connectivity index is 2.05. The van der Waals surface area contributed by atoms with E-state index in [0.717, 1.165) is 5.52 Å². The third-order valence-electron chi connectivity index (χ3n) is 2.61. The molecule has 0 bridgehead atoms. The summed E-state index contributed by atoms with van der Waals surface area (Å²) in [5.41, 5.74) is 7.79. The van der Waals surface area contributed by atoms with Crippen LogP contribution in [0.15, 0.2) is 22.6 Å². The minimum absolute atomic E-state index is 0.0372. The Kier molecular flexibility index (Phi) is 3.62. The van der Waals surface area contributed by atoms with E-state index in [1.807, 2.05) is 19.1 Å². The molecule has 1 aromatic carbocycles. The van der Waals surface area contributed by atoms with E-state index < -0.39 is 0 Å². The summed E-state index contributed by atoms with van der Waals surface area (Å²) in [6.45, 7) is 3.68. The minimum atomic E-state index is -0.0390. The van der Waals surface area contributed by atoms with Crippen molar-refractivity contribution in [3.63, 3.8) is 0 Å². The van der Waals surface area contributed by atoms with E-state index in [1.54, 1.807) is 13.0 Å². The third kappa shape index (κ3) is 3.07. The van der Waals surface area contributed by atoms with Crippen LogP contribution in [0.25, 0.3) is 11.1 Å². The van der Waals surface area contributed by atoms with Crippen LogP contribution in [-0.2, 0) is 4.79 Å². The van der Waals surface area contributed by atoms with E-state index in [-0.39, 0.29) is 11.9 Å². The molecule has 5 heteroatoms. The molecule has 5 nitrogen and oxygen atoms in total. The molecule has 0 fully saturated rings. The van der Waals surface area contributed by atoms with Crippen molar-refractivity contribution in [1.82, 2.24) is 4.98 Å². The zero-order valence-electron chi connectivity index (χ0n) is 10.6. The fraction of sp³-hybridized carbons (Fsp3) is 0.385. The number of hydrogen-bond acceptors (Lipinski definition) is 4. The van der Waals surface area contributed by atoms with Crippen LogP contribution in [-0.4, -0.2) is 16.9 Å². The summed E-state index contributed by atoms with van der Waals surface area (Å²) in [6, 6.07) is 5.45. The van der Waals surface area contributed by atoms with Gasteiger partial charge in [0.1, 0.15) is 5.52 Å². The van der Waals surface area contributed by atoms with E-state index in [1.165, 1.54) is 0 Å². The fourth-order valence-corrected chi connectivity index (χ4v) is 1.70. The number of carbonyl (C=O) groups excluding carboxylic acids is 1. The standard InChI is InChI=1S/C13H17N3O2/c1-8(14)3-6-13(17)16-10-4-5-11-12(7-10)18-9(2)15-11/h4-5,7-8H,3,6,14H2,1-2H3,(H,16,17). The van der Waals surface area contributed by atoms with E-state index >= 15 is 0 Å². The van der Waals surface area contributed by atoms with Crippen LogP contribution >= 0.6 is 0 Å². The Morgan fingerprint density at radius 2 is 2.33 bits per heavy atom. The maximum absolute atomic E-state index is 11.6. The lowest BCUT2D eigenvalue weighted by atomic mass is 10.2. The highest BCUT2D eigenvalue weighted by atomic mass is 16.3. The maximum atomic E-state index is 11.6. The summed E-state index contributed by atoms with van der Waals surface area (Å²) in [4.78, 5) is 15.8. The van der Waals surface area contributed by atoms with Gasteiger partial charge in [-0.3, -0.25) is 4.79 Å². The van der Waals surface area contributed by atoms with Crippen molar-refractivity contribution in [3.8, 4) is 0 Å². The molecule has 0 saturated carbocycles. The quantitative estimate of drug-likeness (QED) is 0.867. The van der Waals surface area contributed by atoms with Crippen LogP contribution in [0.3, 0.4) is 0 Å². The summed E-state index contributed by atoms with van der Waals surface area (Å²) < 4.78 is 5.41. The van der Waals surface area contributed by atoms with Crippen molar-refractivity contribution in [1.29, 1.82) is 0 Å². The first-order valence-corrected chi connectivity index (χ1v) is 5.97. The van der Waals surface area contributed by atoms with Crippen LogP contribution < -0.4 is 11.1 Å². The lowest BCUT2D eigenvalue weighted by molar-refractivity contribution is -0.116. The molecular weight excluding hydrogens is 230 g/mol. The van der Waals surface area contributed by atoms with Gasteiger partial charge < -0.3 is 15.5 Å². The van der Waals surface area contributed by atoms with Crippen molar-refractivity contribution in [2.75, 3.05) is 5.32 Å². The fourth-order valence-electron chi connectivity index (χ4n) is 1.70. The summed E-state index contributed by atoms with van der Waals surface area (Å²) in [7, 11) is 0. The molecule has 1 unspecified atom stereocenters. The maximum Gasteiger partial charge on any atom is 0.224 e. The number of benzene rings is 1. The number of aryl methyl sites for hydroxylation is 1. The number of carbonyl (C=O) groups is 1. The van der Waals surface area contributed by atoms with Crippen molar-refractivity contribution >= 4 is 22.7 Å². The molecule has 1 amide bonds. The molecule has 0 spiro atoms. The van der Waals surface area contributed by atoms with Gasteiger partial charge in [-0.1, -0.05) is 0 Å². The van der Waals surface area contributed by atoms with E-state index in [4.69, 9.17) is 10.2 Å². The Bertz CT molecular complexity index is 560. The number of rotatable bonds is 4. The van der Waals surface area contributed by atoms with Gasteiger partial charge in [-0.05, 0) is 25.5 Å². The monoisotopic (exact) mass is 247 g/mol. The third-order valence-corrected chi connectivity index (χ3v) is 2.61. The first-order chi connectivity index (χ1) is 8.54. The highest BCUT2D eigenvalue weighted by Gasteiger charge is 2.07. The zero-order valence-corrected chi connectivity index (χ0v) is 10.6. The number of hydrogen-bond donors (Lipinski definition) is 2. The summed E-state index contributed by atoms with van der Waals surface area (Å²) >= 11 is 0. The number of amides is 1. The molecule has 96 valence electrons. The average Bonchev–Trinajstić information content (AvgIpc) is 2.66. The lowest BCUT2D eigenvalue weighted by Crippen LogP contribution is -2.19. The van der Waals surface area contributed by atoms with Crippen LogP contribution in [0, 0.1) is 6.92 Å². The second-order valence-corrected chi connectivity index (χ2v) is 4.48. The zero-order chi connectivity index (χ0) is 13.1. The smallest absolute Gasteiger partial charge is 0.224 e. The average molecular weight is 247 g/mol. The number of nitrogens with zero attached hydrogens (tertiary/aromatic N) is 1. The van der Waals surface area contributed by atoms with Crippen LogP contribution in [0.5, 0.6) is 0 Å². The van der Waals surface area contributed by atoms with Crippen molar-refractivity contribution in [2.45, 2.75) is 32.7 Å². The van der Waals surface area contributed by atoms with Crippen LogP contribution in [0.4, 0.5) is 5.69 Å². The van der Waals surface area contributed by atoms with Gasteiger partial charge in [0.25, 0.3) is 0 Å². The molecule has 18 heavy (non-hydrogen) atoms. The molecule has 0 aliphatic heterocycles. The van der Waals surface area contributed by atoms with Gasteiger partial charge in [0.05, 0.1) is 0 Å². The van der Waals surface area contributed by atoms with Crippen molar-refractivity contribution in [2.24, 2.45) is 5.73 Å². The van der Waals surface area contributed by atoms with Crippen LogP contribution in [0.2, 0.25) is 0 Å². The lowest BCUT2D eigenvalue weighted by Gasteiger charge is -2.06. The van der Waals surface area contributed by atoms with Crippen molar-refractivity contribution in [3.05, 3.63) is 24.1 Å². The number of nitrogens with two attached hydrogens (primary N) is 1. The Hall–Kier alpha value is -1.88. The molecule has 2 aromatic rings. The van der Waals surface area contributed by atoms with Gasteiger partial charge >= 0.3 is 0 Å². The van der Waals surface area contributed by atoms with Gasteiger partial charge in [-0.25, -0.2) is 4.98 Å². The Morgan fingerprint density at radius 3 is 3.06 bits per heavy atom. The number of oxazole rings is 1. The first-order valence-electron chi connectivity index (χ1n) is 5.97. The van der Waals surface area contributed by atoms with Gasteiger partial charge in [-0.15, -0.1) is 0 Å². The number of fused-ring (bicyclic) bond motifs is 1. The highest BCUT2D eigenvalue weighted by molar-refractivity contribution is 5.92. The molecular formula is C13H17N3O2. The SMILES string of the molecule is Cc1nc2ccc(NC(=O)CCC(C)N)cc2o1. The van der Waals surface area contributed by atoms with E-state index in [0.29, 0.717) is 30.0 Å². The molecule has 0 aliphatic carbocycles. The molecule has 1 atom stereocenters. The summed E-state index contributed by atoms with van der Waals surface area (Å²) in [6.07, 6.45) is 1.10. The molecule has 3 N–H and O–H groups in total. The molecule has 1 aromatic heterocycles. The highest BCUT2D eigenvalue weighted by Crippen LogP contribution is 2.19. The first kappa shape index (κ1) is 12.6. The molecule has 1 heterocycles. The van der Waals surface area contributed by atoms with E-state index in [9.17, 15) is 4.79 Å². The normalized spacial score (nSPS) is 12.6. The molecule has 0 saturated heterocycles. The second kappa shape index (κ2) is 5.18. The topological polar surface area (TPSA) is 81.2 Å². The Morgan fingerprint density at radius 1 is 1.56 bits per heavy atom. The summed E-state index contributed by atoms with van der Waals surface area (Å²) in [5.74, 6) is 0.577. The van der Waals surface area contributed by atoms with Gasteiger partial charge in [0.15, 0.2) is 11.5 Å². The van der Waals surface area contributed by atoms with Crippen molar-refractivity contribution < 1.29 is 9.21 Å². The Labute approximate surface area is 105 Å².